The molecule has 0 saturated heterocycles. The van der Waals surface area contributed by atoms with Crippen molar-refractivity contribution in [3.8, 4) is 0 Å². The Labute approximate surface area is 130 Å². The lowest BCUT2D eigenvalue weighted by Gasteiger charge is -1.98. The molecule has 0 fully saturated rings. The second-order valence-electron chi connectivity index (χ2n) is 4.46. The summed E-state index contributed by atoms with van der Waals surface area (Å²) in [5.41, 5.74) is 7.39. The average molecular weight is 318 g/mol. The Kier molecular flexibility index (Phi) is 3.94. The molecule has 0 radical (unpaired) electrons. The molecule has 0 amide bonds. The van der Waals surface area contributed by atoms with Gasteiger partial charge in [0.25, 0.3) is 0 Å². The van der Waals surface area contributed by atoms with Crippen LogP contribution in [0.25, 0.3) is 10.9 Å². The van der Waals surface area contributed by atoms with E-state index in [2.05, 4.69) is 21.7 Å². The van der Waals surface area contributed by atoms with Gasteiger partial charge in [-0.2, -0.15) is 0 Å². The van der Waals surface area contributed by atoms with Crippen LogP contribution in [0.1, 0.15) is 17.3 Å². The molecule has 7 heteroatoms. The first-order valence-electron chi connectivity index (χ1n) is 6.52. The summed E-state index contributed by atoms with van der Waals surface area (Å²) in [4.78, 5) is 12.5. The average Bonchev–Trinajstić information content (AvgIpc) is 3.08. The summed E-state index contributed by atoms with van der Waals surface area (Å²) in [5, 5.41) is 9.08. The minimum Gasteiger partial charge on any atom is -0.374 e. The van der Waals surface area contributed by atoms with Crippen LogP contribution in [0.2, 0.25) is 0 Å². The van der Waals surface area contributed by atoms with E-state index in [0.29, 0.717) is 10.9 Å². The predicted molar refractivity (Wildman–Crippen MR) is 87.0 cm³/mol. The van der Waals surface area contributed by atoms with E-state index in [9.17, 15) is 4.79 Å². The lowest BCUT2D eigenvalue weighted by Crippen LogP contribution is -2.01. The fourth-order valence-corrected chi connectivity index (χ4v) is 3.73. The molecule has 0 bridgehead atoms. The van der Waals surface area contributed by atoms with Crippen molar-refractivity contribution in [2.45, 2.75) is 17.8 Å². The van der Waals surface area contributed by atoms with Crippen LogP contribution in [-0.2, 0) is 6.54 Å². The van der Waals surface area contributed by atoms with Gasteiger partial charge in [0.1, 0.15) is 0 Å². The molecule has 2 N–H and O–H groups in total. The van der Waals surface area contributed by atoms with Crippen molar-refractivity contribution in [2.75, 3.05) is 11.5 Å². The quantitative estimate of drug-likeness (QED) is 0.578. The molecule has 21 heavy (non-hydrogen) atoms. The molecule has 2 aromatic heterocycles. The van der Waals surface area contributed by atoms with Crippen LogP contribution in [0, 0.1) is 0 Å². The molecule has 0 aliphatic carbocycles. The molecule has 0 saturated carbocycles. The molecule has 1 aromatic carbocycles. The predicted octanol–water partition coefficient (Wildman–Crippen LogP) is 3.07. The lowest BCUT2D eigenvalue weighted by molar-refractivity contribution is 0.102. The van der Waals surface area contributed by atoms with Gasteiger partial charge in [0.05, 0.1) is 5.75 Å². The van der Waals surface area contributed by atoms with Crippen molar-refractivity contribution < 1.29 is 4.79 Å². The highest BCUT2D eigenvalue weighted by molar-refractivity contribution is 8.01. The molecule has 0 atom stereocenters. The molecule has 108 valence electrons. The highest BCUT2D eigenvalue weighted by Gasteiger charge is 2.15. The van der Waals surface area contributed by atoms with Crippen molar-refractivity contribution in [2.24, 2.45) is 0 Å². The summed E-state index contributed by atoms with van der Waals surface area (Å²) in [6.45, 7) is 2.91. The topological polar surface area (TPSA) is 73.8 Å². The molecule has 3 aromatic rings. The van der Waals surface area contributed by atoms with E-state index in [0.717, 1.165) is 27.4 Å². The van der Waals surface area contributed by atoms with Gasteiger partial charge in [-0.25, -0.2) is 0 Å². The van der Waals surface area contributed by atoms with Crippen LogP contribution in [0.3, 0.4) is 0 Å². The van der Waals surface area contributed by atoms with E-state index >= 15 is 0 Å². The van der Waals surface area contributed by atoms with E-state index in [4.69, 9.17) is 5.73 Å². The van der Waals surface area contributed by atoms with Gasteiger partial charge in [-0.15, -0.1) is 10.2 Å². The van der Waals surface area contributed by atoms with Crippen molar-refractivity contribution in [3.05, 3.63) is 36.0 Å². The maximum Gasteiger partial charge on any atom is 0.203 e. The van der Waals surface area contributed by atoms with Gasteiger partial charge in [0.2, 0.25) is 5.13 Å². The number of nitrogens with zero attached hydrogens (tertiary/aromatic N) is 3. The third-order valence-corrected chi connectivity index (χ3v) is 5.06. The number of Topliss-reactive ketones (excluding diaryl/α,β-unsaturated/α-hetero) is 1. The number of benzene rings is 1. The Hall–Kier alpha value is -1.86. The monoisotopic (exact) mass is 318 g/mol. The number of ketones is 1. The zero-order valence-corrected chi connectivity index (χ0v) is 13.1. The standard InChI is InChI=1S/C14H14N4OS2/c1-2-18-7-10(9-5-3-4-6-11(9)18)12(19)8-20-14-17-16-13(15)21-14/h3-7H,2,8H2,1H3,(H2,15,16). The van der Waals surface area contributed by atoms with Crippen LogP contribution in [0.15, 0.2) is 34.8 Å². The normalized spacial score (nSPS) is 11.1. The summed E-state index contributed by atoms with van der Waals surface area (Å²) in [6.07, 6.45) is 1.93. The molecule has 3 rings (SSSR count). The minimum atomic E-state index is 0.0946. The zero-order chi connectivity index (χ0) is 14.8. The van der Waals surface area contributed by atoms with Crippen molar-refractivity contribution >= 4 is 44.9 Å². The smallest absolute Gasteiger partial charge is 0.203 e. The maximum atomic E-state index is 12.5. The number of carbonyl (C=O) groups excluding carboxylic acids is 1. The van der Waals surface area contributed by atoms with Gasteiger partial charge >= 0.3 is 0 Å². The first kappa shape index (κ1) is 14.1. The molecule has 0 aliphatic heterocycles. The lowest BCUT2D eigenvalue weighted by atomic mass is 10.1. The molecule has 2 heterocycles. The fourth-order valence-electron chi connectivity index (χ4n) is 2.21. The molecular weight excluding hydrogens is 304 g/mol. The van der Waals surface area contributed by atoms with E-state index < -0.39 is 0 Å². The number of thioether (sulfide) groups is 1. The molecule has 0 unspecified atom stereocenters. The number of hydrogen-bond acceptors (Lipinski definition) is 6. The highest BCUT2D eigenvalue weighted by Crippen LogP contribution is 2.27. The fraction of sp³-hybridized carbons (Fsp3) is 0.214. The molecular formula is C14H14N4OS2. The van der Waals surface area contributed by atoms with E-state index in [-0.39, 0.29) is 5.78 Å². The van der Waals surface area contributed by atoms with Crippen molar-refractivity contribution in [1.82, 2.24) is 14.8 Å². The number of aryl methyl sites for hydroxylation is 1. The number of rotatable bonds is 5. The second-order valence-corrected chi connectivity index (χ2v) is 6.70. The minimum absolute atomic E-state index is 0.0946. The maximum absolute atomic E-state index is 12.5. The number of anilines is 1. The summed E-state index contributed by atoms with van der Waals surface area (Å²) in [6, 6.07) is 7.97. The SMILES string of the molecule is CCn1cc(C(=O)CSc2nnc(N)s2)c2ccccc21. The third-order valence-electron chi connectivity index (χ3n) is 3.18. The Morgan fingerprint density at radius 1 is 1.38 bits per heavy atom. The first-order chi connectivity index (χ1) is 10.2. The number of nitrogen functional groups attached to an aromatic ring is 1. The summed E-state index contributed by atoms with van der Waals surface area (Å²) >= 11 is 2.68. The largest absolute Gasteiger partial charge is 0.374 e. The van der Waals surface area contributed by atoms with E-state index in [1.165, 1.54) is 23.1 Å². The third kappa shape index (κ3) is 2.79. The van der Waals surface area contributed by atoms with Crippen LogP contribution in [0.4, 0.5) is 5.13 Å². The Morgan fingerprint density at radius 3 is 2.90 bits per heavy atom. The summed E-state index contributed by atoms with van der Waals surface area (Å²) in [5.74, 6) is 0.434. The Morgan fingerprint density at radius 2 is 2.19 bits per heavy atom. The van der Waals surface area contributed by atoms with Crippen LogP contribution >= 0.6 is 23.1 Å². The number of para-hydroxylation sites is 1. The number of carbonyl (C=O) groups is 1. The van der Waals surface area contributed by atoms with Crippen LogP contribution in [-0.4, -0.2) is 26.3 Å². The van der Waals surface area contributed by atoms with Gasteiger partial charge in [0.15, 0.2) is 10.1 Å². The zero-order valence-electron chi connectivity index (χ0n) is 11.4. The number of nitrogens with two attached hydrogens (primary N) is 1. The van der Waals surface area contributed by atoms with Gasteiger partial charge in [0, 0.05) is 29.2 Å². The molecule has 0 aliphatic rings. The Balaban J connectivity index is 1.84. The van der Waals surface area contributed by atoms with Crippen LogP contribution < -0.4 is 5.73 Å². The molecule has 5 nitrogen and oxygen atoms in total. The van der Waals surface area contributed by atoms with E-state index in [1.54, 1.807) is 0 Å². The van der Waals surface area contributed by atoms with Gasteiger partial charge < -0.3 is 10.3 Å². The highest BCUT2D eigenvalue weighted by atomic mass is 32.2. The number of fused-ring (bicyclic) bond motifs is 1. The second kappa shape index (κ2) is 5.87. The van der Waals surface area contributed by atoms with Gasteiger partial charge in [-0.05, 0) is 13.0 Å². The van der Waals surface area contributed by atoms with E-state index in [1.807, 2.05) is 30.5 Å². The summed E-state index contributed by atoms with van der Waals surface area (Å²) < 4.78 is 2.82. The van der Waals surface area contributed by atoms with Gasteiger partial charge in [-0.3, -0.25) is 4.79 Å². The summed E-state index contributed by atoms with van der Waals surface area (Å²) in [7, 11) is 0. The number of aromatic nitrogens is 3. The van der Waals surface area contributed by atoms with Crippen LogP contribution in [0.5, 0.6) is 0 Å². The molecule has 0 spiro atoms. The Bertz CT molecular complexity index is 793. The number of hydrogen-bond donors (Lipinski definition) is 1. The van der Waals surface area contributed by atoms with Gasteiger partial charge in [-0.1, -0.05) is 41.3 Å². The van der Waals surface area contributed by atoms with Crippen molar-refractivity contribution in [3.63, 3.8) is 0 Å². The first-order valence-corrected chi connectivity index (χ1v) is 8.32. The van der Waals surface area contributed by atoms with Crippen molar-refractivity contribution in [1.29, 1.82) is 0 Å².